The molecule has 240 valence electrons. The summed E-state index contributed by atoms with van der Waals surface area (Å²) in [6.45, 7) is 3.63. The fourth-order valence-corrected chi connectivity index (χ4v) is 8.79. The van der Waals surface area contributed by atoms with Gasteiger partial charge in [0.1, 0.15) is 12.4 Å². The molecule has 5 aliphatic rings. The number of nitrogens with zero attached hydrogens (tertiary/aromatic N) is 2. The predicted molar refractivity (Wildman–Crippen MR) is 165 cm³/mol. The van der Waals surface area contributed by atoms with Gasteiger partial charge in [0.15, 0.2) is 0 Å². The summed E-state index contributed by atoms with van der Waals surface area (Å²) in [7, 11) is 1.36. The second-order valence-corrected chi connectivity index (χ2v) is 13.7. The Morgan fingerprint density at radius 1 is 0.933 bits per heavy atom. The van der Waals surface area contributed by atoms with E-state index < -0.39 is 11.4 Å². The molecule has 45 heavy (non-hydrogen) atoms. The summed E-state index contributed by atoms with van der Waals surface area (Å²) in [4.78, 5) is 53.9. The molecule has 4 bridgehead atoms. The van der Waals surface area contributed by atoms with Crippen LogP contribution in [0.3, 0.4) is 0 Å². The number of esters is 1. The number of methoxy groups -OCH3 is 1. The molecule has 5 fully saturated rings. The van der Waals surface area contributed by atoms with Crippen LogP contribution in [-0.2, 0) is 32.3 Å². The summed E-state index contributed by atoms with van der Waals surface area (Å²) in [6, 6.07) is 15.1. The first-order valence-electron chi connectivity index (χ1n) is 16.0. The molecule has 2 aromatic carbocycles. The molecule has 2 unspecified atom stereocenters. The zero-order valence-electron chi connectivity index (χ0n) is 26.0. The summed E-state index contributed by atoms with van der Waals surface area (Å²) < 4.78 is 10.9. The lowest BCUT2D eigenvalue weighted by atomic mass is 9.43. The van der Waals surface area contributed by atoms with Crippen LogP contribution in [0.1, 0.15) is 66.4 Å². The Morgan fingerprint density at radius 3 is 2.29 bits per heavy atom. The summed E-state index contributed by atoms with van der Waals surface area (Å²) in [6.07, 6.45) is 5.36. The van der Waals surface area contributed by atoms with Crippen molar-refractivity contribution in [1.82, 2.24) is 15.1 Å². The predicted octanol–water partition coefficient (Wildman–Crippen LogP) is 3.87. The van der Waals surface area contributed by atoms with E-state index in [4.69, 9.17) is 9.47 Å². The summed E-state index contributed by atoms with van der Waals surface area (Å²) >= 11 is 0. The Labute approximate surface area is 264 Å². The molecule has 0 aromatic heterocycles. The maximum atomic E-state index is 13.0. The smallest absolute Gasteiger partial charge is 0.337 e. The van der Waals surface area contributed by atoms with Crippen LogP contribution in [0.2, 0.25) is 0 Å². The molecule has 0 spiro atoms. The average Bonchev–Trinajstić information content (AvgIpc) is 3.02. The van der Waals surface area contributed by atoms with Crippen LogP contribution in [0.25, 0.3) is 0 Å². The molecule has 7 rings (SSSR count). The molecule has 2 aromatic rings. The maximum absolute atomic E-state index is 13.0. The van der Waals surface area contributed by atoms with E-state index in [0.717, 1.165) is 49.0 Å². The van der Waals surface area contributed by atoms with Gasteiger partial charge in [-0.3, -0.25) is 19.3 Å². The van der Waals surface area contributed by atoms with Crippen molar-refractivity contribution >= 4 is 23.8 Å². The van der Waals surface area contributed by atoms with E-state index in [1.54, 1.807) is 17.0 Å². The van der Waals surface area contributed by atoms with Gasteiger partial charge in [-0.25, -0.2) is 4.79 Å². The first-order chi connectivity index (χ1) is 21.7. The van der Waals surface area contributed by atoms with Gasteiger partial charge in [-0.05, 0) is 79.5 Å². The monoisotopic (exact) mass is 617 g/mol. The number of carbonyl (C=O) groups is 4. The Kier molecular flexibility index (Phi) is 8.86. The number of rotatable bonds is 11. The van der Waals surface area contributed by atoms with Crippen molar-refractivity contribution in [3.8, 4) is 5.75 Å². The van der Waals surface area contributed by atoms with Gasteiger partial charge in [0.05, 0.1) is 24.6 Å². The average molecular weight is 618 g/mol. The fraction of sp³-hybridized carbons (Fsp3) is 0.543. The van der Waals surface area contributed by atoms with Crippen LogP contribution in [-0.4, -0.2) is 78.5 Å². The van der Waals surface area contributed by atoms with Crippen LogP contribution in [0.15, 0.2) is 48.5 Å². The zero-order valence-corrected chi connectivity index (χ0v) is 26.0. The molecular formula is C35H43N3O7. The minimum Gasteiger partial charge on any atom is -0.489 e. The number of piperazine rings is 1. The lowest BCUT2D eigenvalue weighted by Crippen LogP contribution is -2.56. The number of carbonyl (C=O) groups excluding carboxylic acids is 3. The van der Waals surface area contributed by atoms with Gasteiger partial charge in [-0.2, -0.15) is 0 Å². The Bertz CT molecular complexity index is 1420. The van der Waals surface area contributed by atoms with E-state index >= 15 is 0 Å². The number of ether oxygens (including phenoxy) is 2. The fourth-order valence-electron chi connectivity index (χ4n) is 8.79. The second kappa shape index (κ2) is 12.8. The molecule has 0 radical (unpaired) electrons. The number of hydrogen-bond acceptors (Lipinski definition) is 7. The van der Waals surface area contributed by atoms with E-state index in [2.05, 4.69) is 10.2 Å². The van der Waals surface area contributed by atoms with E-state index in [0.29, 0.717) is 69.6 Å². The van der Waals surface area contributed by atoms with E-state index in [1.165, 1.54) is 7.11 Å². The van der Waals surface area contributed by atoms with Gasteiger partial charge in [0.2, 0.25) is 11.8 Å². The Hall–Kier alpha value is -3.92. The standard InChI is InChI=1S/C35H43N3O7/c1-44-32(41)27-8-6-24(7-9-27)22-45-29-5-3-2-4-28(29)21-37-10-12-38(13-11-37)31(40)20-36-30(39)19-34-15-25-14-26(16-34)18-35(17-25,23-34)33(42)43/h2-9,25-26H,10-23H2,1H3,(H,36,39)(H,42,43). The number of amides is 2. The van der Waals surface area contributed by atoms with E-state index in [1.807, 2.05) is 36.4 Å². The van der Waals surface area contributed by atoms with Crippen LogP contribution < -0.4 is 10.1 Å². The first kappa shape index (κ1) is 31.1. The summed E-state index contributed by atoms with van der Waals surface area (Å²) in [5.41, 5.74) is 1.60. The Morgan fingerprint density at radius 2 is 1.62 bits per heavy atom. The third kappa shape index (κ3) is 6.85. The normalized spacial score (nSPS) is 27.2. The van der Waals surface area contributed by atoms with Crippen molar-refractivity contribution < 1.29 is 33.8 Å². The third-order valence-electron chi connectivity index (χ3n) is 10.5. The van der Waals surface area contributed by atoms with Crippen molar-refractivity contribution in [3.05, 3.63) is 65.2 Å². The highest BCUT2D eigenvalue weighted by molar-refractivity contribution is 5.89. The molecule has 1 heterocycles. The van der Waals surface area contributed by atoms with Crippen molar-refractivity contribution in [2.75, 3.05) is 39.8 Å². The lowest BCUT2D eigenvalue weighted by molar-refractivity contribution is -0.176. The largest absolute Gasteiger partial charge is 0.489 e. The number of carboxylic acid groups (broad SMARTS) is 1. The van der Waals surface area contributed by atoms with Crippen LogP contribution in [0.4, 0.5) is 0 Å². The number of benzene rings is 2. The number of nitrogens with one attached hydrogen (secondary N) is 1. The molecule has 1 aliphatic heterocycles. The highest BCUT2D eigenvalue weighted by atomic mass is 16.5. The second-order valence-electron chi connectivity index (χ2n) is 13.7. The number of aliphatic carboxylic acids is 1. The lowest BCUT2D eigenvalue weighted by Gasteiger charge is -2.60. The van der Waals surface area contributed by atoms with Gasteiger partial charge >= 0.3 is 11.9 Å². The summed E-state index contributed by atoms with van der Waals surface area (Å²) in [5, 5.41) is 12.8. The highest BCUT2D eigenvalue weighted by Gasteiger charge is 2.61. The van der Waals surface area contributed by atoms with Crippen molar-refractivity contribution in [2.24, 2.45) is 22.7 Å². The van der Waals surface area contributed by atoms with Gasteiger partial charge in [-0.1, -0.05) is 30.3 Å². The molecule has 1 saturated heterocycles. The quantitative estimate of drug-likeness (QED) is 0.364. The number of para-hydroxylation sites is 1. The minimum atomic E-state index is -0.698. The van der Waals surface area contributed by atoms with Crippen LogP contribution in [0.5, 0.6) is 5.75 Å². The molecule has 2 N–H and O–H groups in total. The molecule has 2 amide bonds. The molecular weight excluding hydrogens is 574 g/mol. The van der Waals surface area contributed by atoms with Gasteiger partial charge in [0, 0.05) is 44.7 Å². The highest BCUT2D eigenvalue weighted by Crippen LogP contribution is 2.66. The molecule has 10 heteroatoms. The summed E-state index contributed by atoms with van der Waals surface area (Å²) in [5.74, 6) is 0.304. The number of carboxylic acids is 1. The topological polar surface area (TPSA) is 125 Å². The zero-order chi connectivity index (χ0) is 31.6. The Balaban J connectivity index is 0.948. The van der Waals surface area contributed by atoms with Crippen molar-refractivity contribution in [2.45, 2.75) is 58.1 Å². The molecule has 2 atom stereocenters. The van der Waals surface area contributed by atoms with Crippen LogP contribution in [0, 0.1) is 22.7 Å². The van der Waals surface area contributed by atoms with Gasteiger partial charge < -0.3 is 24.8 Å². The van der Waals surface area contributed by atoms with E-state index in [-0.39, 0.29) is 29.7 Å². The molecule has 4 aliphatic carbocycles. The maximum Gasteiger partial charge on any atom is 0.337 e. The minimum absolute atomic E-state index is 0.0247. The number of hydrogen-bond donors (Lipinski definition) is 2. The molecule has 10 nitrogen and oxygen atoms in total. The SMILES string of the molecule is COC(=O)c1ccc(COc2ccccc2CN2CCN(C(=O)CNC(=O)CC34CC5CC(C3)CC(C(=O)O)(C5)C4)CC2)cc1. The third-order valence-corrected chi connectivity index (χ3v) is 10.5. The van der Waals surface area contributed by atoms with E-state index in [9.17, 15) is 24.3 Å². The van der Waals surface area contributed by atoms with Crippen molar-refractivity contribution in [3.63, 3.8) is 0 Å². The molecule has 4 saturated carbocycles. The van der Waals surface area contributed by atoms with Gasteiger partial charge in [-0.15, -0.1) is 0 Å². The van der Waals surface area contributed by atoms with Crippen LogP contribution >= 0.6 is 0 Å². The van der Waals surface area contributed by atoms with Crippen molar-refractivity contribution in [1.29, 1.82) is 0 Å². The van der Waals surface area contributed by atoms with Gasteiger partial charge in [0.25, 0.3) is 0 Å². The first-order valence-corrected chi connectivity index (χ1v) is 16.0.